The molecular formula is C21H28N4O3S. The number of amides is 1. The van der Waals surface area contributed by atoms with E-state index in [0.717, 1.165) is 5.69 Å². The Kier molecular flexibility index (Phi) is 6.26. The molecule has 0 spiro atoms. The van der Waals surface area contributed by atoms with Crippen LogP contribution in [0, 0.1) is 12.3 Å². The summed E-state index contributed by atoms with van der Waals surface area (Å²) in [4.78, 5) is 12.8. The van der Waals surface area contributed by atoms with E-state index < -0.39 is 10.0 Å². The third-order valence-corrected chi connectivity index (χ3v) is 5.56. The Labute approximate surface area is 172 Å². The van der Waals surface area contributed by atoms with Crippen molar-refractivity contribution in [2.45, 2.75) is 57.4 Å². The minimum atomic E-state index is -3.70. The average molecular weight is 417 g/mol. The molecule has 0 unspecified atom stereocenters. The van der Waals surface area contributed by atoms with Gasteiger partial charge in [0.05, 0.1) is 22.7 Å². The van der Waals surface area contributed by atoms with Gasteiger partial charge in [-0.1, -0.05) is 26.7 Å². The van der Waals surface area contributed by atoms with E-state index in [2.05, 4.69) is 41.8 Å². The maximum absolute atomic E-state index is 12.7. The minimum absolute atomic E-state index is 0.0408. The van der Waals surface area contributed by atoms with Crippen LogP contribution in [0.2, 0.25) is 0 Å². The molecule has 0 aliphatic heterocycles. The summed E-state index contributed by atoms with van der Waals surface area (Å²) in [6.07, 6.45) is 5.09. The molecular weight excluding hydrogens is 388 g/mol. The van der Waals surface area contributed by atoms with Crippen LogP contribution in [-0.4, -0.2) is 30.7 Å². The second kappa shape index (κ2) is 8.01. The third kappa shape index (κ3) is 5.46. The van der Waals surface area contributed by atoms with Crippen molar-refractivity contribution in [1.82, 2.24) is 14.5 Å². The number of nitrogens with one attached hydrogen (secondary N) is 2. The second-order valence-corrected chi connectivity index (χ2v) is 10.5. The van der Waals surface area contributed by atoms with Crippen LogP contribution < -0.4 is 10.0 Å². The van der Waals surface area contributed by atoms with Gasteiger partial charge in [-0.3, -0.25) is 4.79 Å². The molecule has 0 saturated heterocycles. The number of terminal acetylenes is 1. The van der Waals surface area contributed by atoms with Crippen LogP contribution in [0.4, 0.5) is 5.82 Å². The molecule has 0 saturated carbocycles. The molecule has 8 heteroatoms. The molecule has 0 aliphatic rings. The summed E-state index contributed by atoms with van der Waals surface area (Å²) >= 11 is 0. The molecule has 1 amide bonds. The van der Waals surface area contributed by atoms with Crippen molar-refractivity contribution in [3.63, 3.8) is 0 Å². The summed E-state index contributed by atoms with van der Waals surface area (Å²) in [6, 6.07) is 7.53. The van der Waals surface area contributed by atoms with Crippen molar-refractivity contribution < 1.29 is 13.2 Å². The predicted molar refractivity (Wildman–Crippen MR) is 114 cm³/mol. The van der Waals surface area contributed by atoms with Crippen LogP contribution in [0.25, 0.3) is 0 Å². The molecule has 0 bridgehead atoms. The predicted octanol–water partition coefficient (Wildman–Crippen LogP) is 3.10. The molecule has 1 aromatic heterocycles. The Morgan fingerprint density at radius 3 is 2.21 bits per heavy atom. The molecule has 29 heavy (non-hydrogen) atoms. The average Bonchev–Trinajstić information content (AvgIpc) is 3.04. The first-order valence-electron chi connectivity index (χ1n) is 9.21. The fourth-order valence-corrected chi connectivity index (χ4v) is 3.48. The van der Waals surface area contributed by atoms with Gasteiger partial charge in [0.2, 0.25) is 10.0 Å². The number of hydrogen-bond acceptors (Lipinski definition) is 4. The van der Waals surface area contributed by atoms with Gasteiger partial charge in [-0.2, -0.15) is 9.82 Å². The zero-order valence-corrected chi connectivity index (χ0v) is 18.5. The molecule has 0 radical (unpaired) electrons. The van der Waals surface area contributed by atoms with Gasteiger partial charge in [0.1, 0.15) is 5.82 Å². The number of hydrogen-bond donors (Lipinski definition) is 2. The fraction of sp³-hybridized carbons (Fsp3) is 0.429. The molecule has 0 aliphatic carbocycles. The largest absolute Gasteiger partial charge is 0.307 e. The van der Waals surface area contributed by atoms with Crippen molar-refractivity contribution in [2.24, 2.45) is 0 Å². The first kappa shape index (κ1) is 22.7. The van der Waals surface area contributed by atoms with Gasteiger partial charge in [0.15, 0.2) is 0 Å². The molecule has 2 aromatic rings. The van der Waals surface area contributed by atoms with E-state index in [0.29, 0.717) is 11.4 Å². The van der Waals surface area contributed by atoms with Crippen LogP contribution in [0.3, 0.4) is 0 Å². The zero-order valence-electron chi connectivity index (χ0n) is 17.7. The Hall–Kier alpha value is -2.63. The third-order valence-electron chi connectivity index (χ3n) is 4.15. The highest BCUT2D eigenvalue weighted by Crippen LogP contribution is 2.28. The SMILES string of the molecule is C#CCNS(=O)(=O)c1ccc(C(=O)Nc2cc(C(C)(C)C)nn2C(C)(C)C)cc1. The summed E-state index contributed by atoms with van der Waals surface area (Å²) in [7, 11) is -3.70. The number of carbonyl (C=O) groups excluding carboxylic acids is 1. The summed E-state index contributed by atoms with van der Waals surface area (Å²) in [6.45, 7) is 12.1. The van der Waals surface area contributed by atoms with Gasteiger partial charge in [-0.15, -0.1) is 6.42 Å². The van der Waals surface area contributed by atoms with E-state index >= 15 is 0 Å². The van der Waals surface area contributed by atoms with E-state index in [1.54, 1.807) is 4.68 Å². The molecule has 0 fully saturated rings. The first-order chi connectivity index (χ1) is 13.3. The monoisotopic (exact) mass is 416 g/mol. The molecule has 1 aromatic carbocycles. The van der Waals surface area contributed by atoms with Crippen molar-refractivity contribution in [3.8, 4) is 12.3 Å². The summed E-state index contributed by atoms with van der Waals surface area (Å²) < 4.78 is 28.3. The maximum atomic E-state index is 12.7. The van der Waals surface area contributed by atoms with Crippen molar-refractivity contribution in [3.05, 3.63) is 41.6 Å². The summed E-state index contributed by atoms with van der Waals surface area (Å²) in [5, 5.41) is 7.56. The van der Waals surface area contributed by atoms with Gasteiger partial charge in [0.25, 0.3) is 5.91 Å². The highest BCUT2D eigenvalue weighted by molar-refractivity contribution is 7.89. The number of rotatable bonds is 5. The molecule has 7 nitrogen and oxygen atoms in total. The van der Waals surface area contributed by atoms with Crippen LogP contribution in [0.5, 0.6) is 0 Å². The van der Waals surface area contributed by atoms with E-state index in [9.17, 15) is 13.2 Å². The fourth-order valence-electron chi connectivity index (χ4n) is 2.54. The molecule has 2 rings (SSSR count). The summed E-state index contributed by atoms with van der Waals surface area (Å²) in [5.74, 6) is 2.45. The minimum Gasteiger partial charge on any atom is -0.307 e. The Morgan fingerprint density at radius 1 is 1.14 bits per heavy atom. The topological polar surface area (TPSA) is 93.1 Å². The molecule has 2 N–H and O–H groups in total. The maximum Gasteiger partial charge on any atom is 0.256 e. The van der Waals surface area contributed by atoms with Crippen molar-refractivity contribution in [1.29, 1.82) is 0 Å². The van der Waals surface area contributed by atoms with Crippen LogP contribution >= 0.6 is 0 Å². The normalized spacial score (nSPS) is 12.4. The number of carbonyl (C=O) groups is 1. The first-order valence-corrected chi connectivity index (χ1v) is 10.7. The van der Waals surface area contributed by atoms with Gasteiger partial charge in [-0.05, 0) is 45.0 Å². The Balaban J connectivity index is 2.29. The van der Waals surface area contributed by atoms with Gasteiger partial charge < -0.3 is 5.32 Å². The Bertz CT molecular complexity index is 1030. The van der Waals surface area contributed by atoms with E-state index in [4.69, 9.17) is 6.42 Å². The zero-order chi connectivity index (χ0) is 22.0. The number of benzene rings is 1. The lowest BCUT2D eigenvalue weighted by Gasteiger charge is -2.23. The number of sulfonamides is 1. The molecule has 0 atom stereocenters. The molecule has 156 valence electrons. The van der Waals surface area contributed by atoms with Crippen LogP contribution in [-0.2, 0) is 21.0 Å². The van der Waals surface area contributed by atoms with Crippen LogP contribution in [0.15, 0.2) is 35.2 Å². The quantitative estimate of drug-likeness (QED) is 0.733. The smallest absolute Gasteiger partial charge is 0.256 e. The van der Waals surface area contributed by atoms with Gasteiger partial charge >= 0.3 is 0 Å². The number of anilines is 1. The lowest BCUT2D eigenvalue weighted by atomic mass is 9.92. The van der Waals surface area contributed by atoms with Gasteiger partial charge in [-0.25, -0.2) is 13.1 Å². The highest BCUT2D eigenvalue weighted by atomic mass is 32.2. The highest BCUT2D eigenvalue weighted by Gasteiger charge is 2.26. The Morgan fingerprint density at radius 2 is 1.72 bits per heavy atom. The van der Waals surface area contributed by atoms with E-state index in [1.165, 1.54) is 24.3 Å². The standard InChI is InChI=1S/C21H28N4O3S/c1-8-13-22-29(27,28)16-11-9-15(10-12-16)19(26)23-18-14-17(20(2,3)4)24-25(18)21(5,6)7/h1,9-12,14,22H,13H2,2-7H3,(H,23,26). The summed E-state index contributed by atoms with van der Waals surface area (Å²) in [5.41, 5.74) is 0.702. The second-order valence-electron chi connectivity index (χ2n) is 8.75. The van der Waals surface area contributed by atoms with Crippen molar-refractivity contribution in [2.75, 3.05) is 11.9 Å². The van der Waals surface area contributed by atoms with Crippen LogP contribution in [0.1, 0.15) is 57.6 Å². The number of aromatic nitrogens is 2. The number of nitrogens with zero attached hydrogens (tertiary/aromatic N) is 2. The van der Waals surface area contributed by atoms with Gasteiger partial charge in [0, 0.05) is 17.0 Å². The van der Waals surface area contributed by atoms with E-state index in [1.807, 2.05) is 26.8 Å². The molecule has 1 heterocycles. The van der Waals surface area contributed by atoms with E-state index in [-0.39, 0.29) is 28.3 Å². The lowest BCUT2D eigenvalue weighted by molar-refractivity contribution is 0.102. The van der Waals surface area contributed by atoms with Crippen molar-refractivity contribution >= 4 is 21.7 Å². The lowest BCUT2D eigenvalue weighted by Crippen LogP contribution is -2.27.